The number of hydrogen-bond donors (Lipinski definition) is 1. The maximum absolute atomic E-state index is 5.52. The van der Waals surface area contributed by atoms with Crippen molar-refractivity contribution in [1.82, 2.24) is 0 Å². The van der Waals surface area contributed by atoms with Crippen molar-refractivity contribution in [2.45, 2.75) is 26.7 Å². The van der Waals surface area contributed by atoms with Gasteiger partial charge in [0.2, 0.25) is 0 Å². The first-order valence-electron chi connectivity index (χ1n) is 4.56. The highest BCUT2D eigenvalue weighted by Gasteiger charge is 1.98. The Morgan fingerprint density at radius 1 is 1.25 bits per heavy atom. The van der Waals surface area contributed by atoms with Crippen LogP contribution in [-0.4, -0.2) is 6.54 Å². The molecule has 1 rings (SSSR count). The van der Waals surface area contributed by atoms with E-state index in [1.165, 1.54) is 16.7 Å². The topological polar surface area (TPSA) is 26.0 Å². The summed E-state index contributed by atoms with van der Waals surface area (Å²) < 4.78 is 0. The molecule has 0 aliphatic carbocycles. The van der Waals surface area contributed by atoms with Crippen LogP contribution in [0.2, 0.25) is 0 Å². The Kier molecular flexibility index (Phi) is 3.30. The molecule has 0 saturated carbocycles. The van der Waals surface area contributed by atoms with Crippen LogP contribution in [0.5, 0.6) is 0 Å². The van der Waals surface area contributed by atoms with Gasteiger partial charge in [-0.15, -0.1) is 0 Å². The smallest absolute Gasteiger partial charge is 0.00366 e. The predicted molar refractivity (Wildman–Crippen MR) is 53.3 cm³/mol. The van der Waals surface area contributed by atoms with Gasteiger partial charge in [0.1, 0.15) is 0 Å². The maximum Gasteiger partial charge on any atom is -0.00366 e. The van der Waals surface area contributed by atoms with Crippen LogP contribution in [0.3, 0.4) is 0 Å². The van der Waals surface area contributed by atoms with Gasteiger partial charge in [-0.25, -0.2) is 0 Å². The maximum atomic E-state index is 5.52. The van der Waals surface area contributed by atoms with E-state index in [0.29, 0.717) is 0 Å². The SMILES string of the molecule is CCc1cc(C)ccc1CCN. The van der Waals surface area contributed by atoms with E-state index in [2.05, 4.69) is 32.0 Å². The zero-order valence-electron chi connectivity index (χ0n) is 7.93. The fraction of sp³-hybridized carbons (Fsp3) is 0.455. The van der Waals surface area contributed by atoms with Crippen LogP contribution in [-0.2, 0) is 12.8 Å². The molecule has 12 heavy (non-hydrogen) atoms. The molecule has 0 atom stereocenters. The van der Waals surface area contributed by atoms with Crippen molar-refractivity contribution < 1.29 is 0 Å². The number of benzene rings is 1. The predicted octanol–water partition coefficient (Wildman–Crippen LogP) is 2.06. The first-order valence-corrected chi connectivity index (χ1v) is 4.56. The van der Waals surface area contributed by atoms with Crippen LogP contribution in [0.1, 0.15) is 23.6 Å². The molecule has 0 unspecified atom stereocenters. The molecule has 66 valence electrons. The minimum atomic E-state index is 0.746. The molecule has 1 aromatic rings. The minimum absolute atomic E-state index is 0.746. The standard InChI is InChI=1S/C11H17N/c1-3-10-8-9(2)4-5-11(10)6-7-12/h4-5,8H,3,6-7,12H2,1-2H3. The average Bonchev–Trinajstić information content (AvgIpc) is 2.08. The minimum Gasteiger partial charge on any atom is -0.330 e. The molecule has 0 aromatic heterocycles. The highest BCUT2D eigenvalue weighted by molar-refractivity contribution is 5.31. The van der Waals surface area contributed by atoms with Crippen LogP contribution in [0.15, 0.2) is 18.2 Å². The Morgan fingerprint density at radius 3 is 2.58 bits per heavy atom. The zero-order valence-corrected chi connectivity index (χ0v) is 7.93. The van der Waals surface area contributed by atoms with Crippen molar-refractivity contribution in [2.75, 3.05) is 6.54 Å². The van der Waals surface area contributed by atoms with Crippen molar-refractivity contribution in [2.24, 2.45) is 5.73 Å². The summed E-state index contributed by atoms with van der Waals surface area (Å²) in [5, 5.41) is 0. The van der Waals surface area contributed by atoms with E-state index in [1.54, 1.807) is 0 Å². The summed E-state index contributed by atoms with van der Waals surface area (Å²) >= 11 is 0. The normalized spacial score (nSPS) is 10.2. The van der Waals surface area contributed by atoms with Crippen molar-refractivity contribution in [1.29, 1.82) is 0 Å². The third kappa shape index (κ3) is 2.08. The van der Waals surface area contributed by atoms with Gasteiger partial charge in [0.15, 0.2) is 0 Å². The molecule has 0 aliphatic heterocycles. The van der Waals surface area contributed by atoms with Crippen LogP contribution in [0.4, 0.5) is 0 Å². The Bertz CT molecular complexity index is 253. The summed E-state index contributed by atoms with van der Waals surface area (Å²) in [5.41, 5.74) is 9.72. The van der Waals surface area contributed by atoms with Crippen LogP contribution in [0, 0.1) is 6.92 Å². The van der Waals surface area contributed by atoms with E-state index in [0.717, 1.165) is 19.4 Å². The third-order valence-corrected chi connectivity index (χ3v) is 2.16. The quantitative estimate of drug-likeness (QED) is 0.725. The van der Waals surface area contributed by atoms with Gasteiger partial charge in [0, 0.05) is 0 Å². The second kappa shape index (κ2) is 4.27. The van der Waals surface area contributed by atoms with Crippen molar-refractivity contribution in [3.8, 4) is 0 Å². The second-order valence-electron chi connectivity index (χ2n) is 3.16. The van der Waals surface area contributed by atoms with Crippen molar-refractivity contribution in [3.05, 3.63) is 34.9 Å². The van der Waals surface area contributed by atoms with Gasteiger partial charge in [-0.1, -0.05) is 30.7 Å². The molecule has 1 aromatic carbocycles. The largest absolute Gasteiger partial charge is 0.330 e. The summed E-state index contributed by atoms with van der Waals surface area (Å²) in [4.78, 5) is 0. The molecular formula is C11H17N. The molecule has 0 spiro atoms. The number of aryl methyl sites for hydroxylation is 2. The highest BCUT2D eigenvalue weighted by Crippen LogP contribution is 2.12. The van der Waals surface area contributed by atoms with E-state index < -0.39 is 0 Å². The van der Waals surface area contributed by atoms with Crippen LogP contribution < -0.4 is 5.73 Å². The fourth-order valence-electron chi connectivity index (χ4n) is 1.48. The summed E-state index contributed by atoms with van der Waals surface area (Å²) in [6.45, 7) is 5.07. The van der Waals surface area contributed by atoms with Crippen molar-refractivity contribution >= 4 is 0 Å². The molecule has 1 nitrogen and oxygen atoms in total. The Morgan fingerprint density at radius 2 is 2.00 bits per heavy atom. The molecule has 0 aliphatic rings. The lowest BCUT2D eigenvalue weighted by atomic mass is 10.0. The fourth-order valence-corrected chi connectivity index (χ4v) is 1.48. The van der Waals surface area contributed by atoms with Gasteiger partial charge in [-0.05, 0) is 37.4 Å². The summed E-state index contributed by atoms with van der Waals surface area (Å²) in [7, 11) is 0. The van der Waals surface area contributed by atoms with Crippen molar-refractivity contribution in [3.63, 3.8) is 0 Å². The van der Waals surface area contributed by atoms with E-state index >= 15 is 0 Å². The van der Waals surface area contributed by atoms with Crippen LogP contribution in [0.25, 0.3) is 0 Å². The van der Waals surface area contributed by atoms with Crippen LogP contribution >= 0.6 is 0 Å². The lowest BCUT2D eigenvalue weighted by Crippen LogP contribution is -2.05. The Hall–Kier alpha value is -0.820. The van der Waals surface area contributed by atoms with Gasteiger partial charge >= 0.3 is 0 Å². The number of rotatable bonds is 3. The Balaban J connectivity index is 2.94. The van der Waals surface area contributed by atoms with Gasteiger partial charge < -0.3 is 5.73 Å². The van der Waals surface area contributed by atoms with Gasteiger partial charge in [0.05, 0.1) is 0 Å². The molecular weight excluding hydrogens is 146 g/mol. The lowest BCUT2D eigenvalue weighted by molar-refractivity contribution is 0.937. The Labute approximate surface area is 74.6 Å². The van der Waals surface area contributed by atoms with E-state index in [4.69, 9.17) is 5.73 Å². The molecule has 0 radical (unpaired) electrons. The summed E-state index contributed by atoms with van der Waals surface area (Å²) in [5.74, 6) is 0. The molecule has 0 fully saturated rings. The second-order valence-corrected chi connectivity index (χ2v) is 3.16. The monoisotopic (exact) mass is 163 g/mol. The number of nitrogens with two attached hydrogens (primary N) is 1. The van der Waals surface area contributed by atoms with Gasteiger partial charge in [0.25, 0.3) is 0 Å². The first-order chi connectivity index (χ1) is 5.77. The summed E-state index contributed by atoms with van der Waals surface area (Å²) in [6.07, 6.45) is 2.11. The molecule has 2 N–H and O–H groups in total. The highest BCUT2D eigenvalue weighted by atomic mass is 14.5. The van der Waals surface area contributed by atoms with E-state index in [1.807, 2.05) is 0 Å². The molecule has 1 heteroatoms. The zero-order chi connectivity index (χ0) is 8.97. The molecule has 0 saturated heterocycles. The van der Waals surface area contributed by atoms with E-state index in [9.17, 15) is 0 Å². The third-order valence-electron chi connectivity index (χ3n) is 2.16. The van der Waals surface area contributed by atoms with E-state index in [-0.39, 0.29) is 0 Å². The average molecular weight is 163 g/mol. The van der Waals surface area contributed by atoms with Gasteiger partial charge in [-0.2, -0.15) is 0 Å². The lowest BCUT2D eigenvalue weighted by Gasteiger charge is -2.07. The molecule has 0 amide bonds. The van der Waals surface area contributed by atoms with Gasteiger partial charge in [-0.3, -0.25) is 0 Å². The molecule has 0 heterocycles. The number of hydrogen-bond acceptors (Lipinski definition) is 1. The summed E-state index contributed by atoms with van der Waals surface area (Å²) in [6, 6.07) is 6.61. The first kappa shape index (κ1) is 9.27. The molecule has 0 bridgehead atoms.